The van der Waals surface area contributed by atoms with Crippen LogP contribution in [0.15, 0.2) is 36.4 Å². The van der Waals surface area contributed by atoms with Crippen molar-refractivity contribution in [1.29, 1.82) is 0 Å². The van der Waals surface area contributed by atoms with Gasteiger partial charge >= 0.3 is 0 Å². The maximum Gasteiger partial charge on any atom is 0.148 e. The highest BCUT2D eigenvalue weighted by atomic mass is 35.5. The molecule has 0 aliphatic carbocycles. The number of ether oxygens (including phenoxy) is 1. The van der Waals surface area contributed by atoms with Crippen LogP contribution in [0.3, 0.4) is 0 Å². The summed E-state index contributed by atoms with van der Waals surface area (Å²) in [5.41, 5.74) is 6.78. The fourth-order valence-corrected chi connectivity index (χ4v) is 2.05. The van der Waals surface area contributed by atoms with Crippen molar-refractivity contribution < 1.29 is 9.13 Å². The molecule has 0 spiro atoms. The van der Waals surface area contributed by atoms with Crippen LogP contribution in [-0.2, 0) is 13.2 Å². The molecule has 2 N–H and O–H groups in total. The average molecular weight is 300 g/mol. The van der Waals surface area contributed by atoms with E-state index in [9.17, 15) is 4.39 Å². The Balaban J connectivity index is 2.17. The third kappa shape index (κ3) is 3.38. The standard InChI is InChI=1S/C14H12Cl2FNO/c15-11-4-5-13(10(6-11)7-18)19-8-9-2-1-3-12(16)14(9)17/h1-6H,7-8,18H2. The van der Waals surface area contributed by atoms with Crippen LogP contribution in [0.2, 0.25) is 10.0 Å². The van der Waals surface area contributed by atoms with Crippen molar-refractivity contribution in [3.63, 3.8) is 0 Å². The van der Waals surface area contributed by atoms with Crippen LogP contribution >= 0.6 is 23.2 Å². The predicted molar refractivity (Wildman–Crippen MR) is 75.1 cm³/mol. The lowest BCUT2D eigenvalue weighted by Gasteiger charge is -2.11. The normalized spacial score (nSPS) is 10.5. The summed E-state index contributed by atoms with van der Waals surface area (Å²) >= 11 is 11.6. The minimum Gasteiger partial charge on any atom is -0.488 e. The summed E-state index contributed by atoms with van der Waals surface area (Å²) in [4.78, 5) is 0. The molecule has 0 saturated heterocycles. The second-order valence-electron chi connectivity index (χ2n) is 3.96. The van der Waals surface area contributed by atoms with E-state index in [4.69, 9.17) is 33.7 Å². The van der Waals surface area contributed by atoms with Crippen molar-refractivity contribution in [3.8, 4) is 5.75 Å². The van der Waals surface area contributed by atoms with Gasteiger partial charge in [0, 0.05) is 22.7 Å². The minimum atomic E-state index is -0.465. The van der Waals surface area contributed by atoms with E-state index in [2.05, 4.69) is 0 Å². The van der Waals surface area contributed by atoms with Gasteiger partial charge in [0.1, 0.15) is 18.2 Å². The molecule has 5 heteroatoms. The number of benzene rings is 2. The van der Waals surface area contributed by atoms with Gasteiger partial charge in [-0.3, -0.25) is 0 Å². The lowest BCUT2D eigenvalue weighted by molar-refractivity contribution is 0.297. The fraction of sp³-hybridized carbons (Fsp3) is 0.143. The molecular weight excluding hydrogens is 288 g/mol. The smallest absolute Gasteiger partial charge is 0.148 e. The quantitative estimate of drug-likeness (QED) is 0.919. The van der Waals surface area contributed by atoms with Gasteiger partial charge in [0.2, 0.25) is 0 Å². The number of nitrogens with two attached hydrogens (primary N) is 1. The molecule has 0 saturated carbocycles. The molecular formula is C14H12Cl2FNO. The van der Waals surface area contributed by atoms with E-state index in [0.717, 1.165) is 5.56 Å². The zero-order valence-electron chi connectivity index (χ0n) is 10.00. The van der Waals surface area contributed by atoms with Gasteiger partial charge in [-0.15, -0.1) is 0 Å². The van der Waals surface area contributed by atoms with Crippen molar-refractivity contribution in [2.75, 3.05) is 0 Å². The Labute approximate surface area is 120 Å². The number of halogens is 3. The molecule has 2 aromatic rings. The molecule has 0 unspecified atom stereocenters. The predicted octanol–water partition coefficient (Wildman–Crippen LogP) is 4.17. The van der Waals surface area contributed by atoms with Crippen molar-refractivity contribution in [2.24, 2.45) is 5.73 Å². The highest BCUT2D eigenvalue weighted by Gasteiger charge is 2.08. The fourth-order valence-electron chi connectivity index (χ4n) is 1.66. The van der Waals surface area contributed by atoms with E-state index in [1.54, 1.807) is 30.3 Å². The molecule has 0 radical (unpaired) electrons. The Bertz CT molecular complexity index is 590. The molecule has 0 heterocycles. The Morgan fingerprint density at radius 1 is 1.11 bits per heavy atom. The first kappa shape index (κ1) is 14.1. The summed E-state index contributed by atoms with van der Waals surface area (Å²) in [5, 5.41) is 0.665. The zero-order chi connectivity index (χ0) is 13.8. The molecule has 19 heavy (non-hydrogen) atoms. The SMILES string of the molecule is NCc1cc(Cl)ccc1OCc1cccc(Cl)c1F. The summed E-state index contributed by atoms with van der Waals surface area (Å²) in [5.74, 6) is 0.124. The molecule has 0 fully saturated rings. The van der Waals surface area contributed by atoms with Crippen molar-refractivity contribution in [1.82, 2.24) is 0 Å². The van der Waals surface area contributed by atoms with Crippen LogP contribution in [0.1, 0.15) is 11.1 Å². The summed E-state index contributed by atoms with van der Waals surface area (Å²) < 4.78 is 19.3. The summed E-state index contributed by atoms with van der Waals surface area (Å²) in [6.07, 6.45) is 0. The Morgan fingerprint density at radius 2 is 1.89 bits per heavy atom. The molecule has 0 aliphatic rings. The van der Waals surface area contributed by atoms with E-state index in [1.807, 2.05) is 0 Å². The lowest BCUT2D eigenvalue weighted by atomic mass is 10.2. The Hall–Kier alpha value is -1.29. The van der Waals surface area contributed by atoms with Gasteiger partial charge < -0.3 is 10.5 Å². The van der Waals surface area contributed by atoms with Crippen LogP contribution in [-0.4, -0.2) is 0 Å². The first-order valence-electron chi connectivity index (χ1n) is 5.66. The Morgan fingerprint density at radius 3 is 2.63 bits per heavy atom. The second kappa shape index (κ2) is 6.24. The minimum absolute atomic E-state index is 0.0799. The topological polar surface area (TPSA) is 35.2 Å². The third-order valence-electron chi connectivity index (χ3n) is 2.66. The highest BCUT2D eigenvalue weighted by molar-refractivity contribution is 6.31. The molecule has 100 valence electrons. The van der Waals surface area contributed by atoms with Crippen LogP contribution in [0, 0.1) is 5.82 Å². The average Bonchev–Trinajstić information content (AvgIpc) is 2.41. The van der Waals surface area contributed by atoms with Gasteiger partial charge in [-0.2, -0.15) is 0 Å². The first-order chi connectivity index (χ1) is 9.11. The van der Waals surface area contributed by atoms with Gasteiger partial charge in [0.15, 0.2) is 0 Å². The largest absolute Gasteiger partial charge is 0.488 e. The highest BCUT2D eigenvalue weighted by Crippen LogP contribution is 2.25. The Kier molecular flexibility index (Phi) is 4.64. The van der Waals surface area contributed by atoms with Crippen LogP contribution in [0.25, 0.3) is 0 Å². The van der Waals surface area contributed by atoms with Crippen molar-refractivity contribution >= 4 is 23.2 Å². The maximum absolute atomic E-state index is 13.7. The summed E-state index contributed by atoms with van der Waals surface area (Å²) in [6.45, 7) is 0.384. The molecule has 0 atom stereocenters. The summed E-state index contributed by atoms with van der Waals surface area (Å²) in [7, 11) is 0. The second-order valence-corrected chi connectivity index (χ2v) is 4.80. The molecule has 2 nitrogen and oxygen atoms in total. The molecule has 2 aromatic carbocycles. The van der Waals surface area contributed by atoms with Crippen LogP contribution < -0.4 is 10.5 Å². The van der Waals surface area contributed by atoms with E-state index in [-0.39, 0.29) is 11.6 Å². The molecule has 2 rings (SSSR count). The zero-order valence-corrected chi connectivity index (χ0v) is 11.5. The third-order valence-corrected chi connectivity index (χ3v) is 3.18. The van der Waals surface area contributed by atoms with Crippen molar-refractivity contribution in [2.45, 2.75) is 13.2 Å². The van der Waals surface area contributed by atoms with Crippen LogP contribution in [0.5, 0.6) is 5.75 Å². The van der Waals surface area contributed by atoms with Crippen molar-refractivity contribution in [3.05, 3.63) is 63.4 Å². The van der Waals surface area contributed by atoms with Gasteiger partial charge in [-0.1, -0.05) is 35.3 Å². The number of hydrogen-bond donors (Lipinski definition) is 1. The van der Waals surface area contributed by atoms with E-state index in [1.165, 1.54) is 6.07 Å². The van der Waals surface area contributed by atoms with E-state index >= 15 is 0 Å². The van der Waals surface area contributed by atoms with Gasteiger partial charge in [0.25, 0.3) is 0 Å². The van der Waals surface area contributed by atoms with Crippen LogP contribution in [0.4, 0.5) is 4.39 Å². The van der Waals surface area contributed by atoms with Gasteiger partial charge in [0.05, 0.1) is 5.02 Å². The molecule has 0 bridgehead atoms. The lowest BCUT2D eigenvalue weighted by Crippen LogP contribution is -2.04. The maximum atomic E-state index is 13.7. The molecule has 0 aliphatic heterocycles. The van der Waals surface area contributed by atoms with E-state index < -0.39 is 5.82 Å². The molecule has 0 amide bonds. The van der Waals surface area contributed by atoms with Gasteiger partial charge in [-0.25, -0.2) is 4.39 Å². The monoisotopic (exact) mass is 299 g/mol. The number of hydrogen-bond acceptors (Lipinski definition) is 2. The molecule has 0 aromatic heterocycles. The number of rotatable bonds is 4. The van der Waals surface area contributed by atoms with E-state index in [0.29, 0.717) is 22.9 Å². The summed E-state index contributed by atoms with van der Waals surface area (Å²) in [6, 6.07) is 9.94. The van der Waals surface area contributed by atoms with Gasteiger partial charge in [-0.05, 0) is 24.3 Å². The first-order valence-corrected chi connectivity index (χ1v) is 6.41.